The van der Waals surface area contributed by atoms with E-state index in [4.69, 9.17) is 5.73 Å². The SMILES string of the molecule is CN(C)C1CCCN(c2n[nH]c(N)n2)C1. The first-order valence-electron chi connectivity index (χ1n) is 5.26. The standard InChI is InChI=1S/C9H18N6/c1-14(2)7-4-3-5-15(6-7)9-11-8(10)12-13-9/h7H,3-6H2,1-2H3,(H3,10,11,12,13). The lowest BCUT2D eigenvalue weighted by Gasteiger charge is -2.35. The van der Waals surface area contributed by atoms with Crippen molar-refractivity contribution in [2.45, 2.75) is 18.9 Å². The number of anilines is 2. The lowest BCUT2D eigenvalue weighted by molar-refractivity contribution is 0.257. The molecule has 1 aromatic heterocycles. The maximum absolute atomic E-state index is 5.51. The fourth-order valence-electron chi connectivity index (χ4n) is 1.96. The third-order valence-corrected chi connectivity index (χ3v) is 2.90. The van der Waals surface area contributed by atoms with Gasteiger partial charge in [-0.05, 0) is 26.9 Å². The van der Waals surface area contributed by atoms with E-state index < -0.39 is 0 Å². The van der Waals surface area contributed by atoms with Crippen LogP contribution in [0.15, 0.2) is 0 Å². The van der Waals surface area contributed by atoms with Crippen molar-refractivity contribution in [3.05, 3.63) is 0 Å². The molecule has 0 aromatic carbocycles. The Morgan fingerprint density at radius 3 is 2.93 bits per heavy atom. The molecule has 84 valence electrons. The lowest BCUT2D eigenvalue weighted by Crippen LogP contribution is -2.45. The van der Waals surface area contributed by atoms with Gasteiger partial charge in [0.15, 0.2) is 0 Å². The first kappa shape index (κ1) is 10.2. The Balaban J connectivity index is 2.04. The predicted octanol–water partition coefficient (Wildman–Crippen LogP) is -0.0827. The average Bonchev–Trinajstić information content (AvgIpc) is 2.65. The molecule has 0 saturated carbocycles. The highest BCUT2D eigenvalue weighted by molar-refractivity contribution is 5.34. The quantitative estimate of drug-likeness (QED) is 0.714. The highest BCUT2D eigenvalue weighted by Crippen LogP contribution is 2.18. The van der Waals surface area contributed by atoms with Crippen molar-refractivity contribution in [1.29, 1.82) is 0 Å². The van der Waals surface area contributed by atoms with Crippen LogP contribution in [-0.4, -0.2) is 53.3 Å². The molecule has 1 saturated heterocycles. The Morgan fingerprint density at radius 1 is 1.53 bits per heavy atom. The zero-order valence-corrected chi connectivity index (χ0v) is 9.27. The highest BCUT2D eigenvalue weighted by atomic mass is 15.4. The molecule has 0 amide bonds. The van der Waals surface area contributed by atoms with Crippen LogP contribution in [0, 0.1) is 0 Å². The van der Waals surface area contributed by atoms with Crippen LogP contribution >= 0.6 is 0 Å². The van der Waals surface area contributed by atoms with Gasteiger partial charge in [0.25, 0.3) is 0 Å². The van der Waals surface area contributed by atoms with Crippen LogP contribution in [0.25, 0.3) is 0 Å². The van der Waals surface area contributed by atoms with Gasteiger partial charge in [0.1, 0.15) is 0 Å². The Hall–Kier alpha value is -1.30. The third-order valence-electron chi connectivity index (χ3n) is 2.90. The predicted molar refractivity (Wildman–Crippen MR) is 59.7 cm³/mol. The summed E-state index contributed by atoms with van der Waals surface area (Å²) in [7, 11) is 4.22. The van der Waals surface area contributed by atoms with Crippen LogP contribution < -0.4 is 10.6 Å². The second-order valence-electron chi connectivity index (χ2n) is 4.23. The summed E-state index contributed by atoms with van der Waals surface area (Å²) in [5.41, 5.74) is 5.51. The molecule has 0 bridgehead atoms. The van der Waals surface area contributed by atoms with Crippen molar-refractivity contribution in [2.75, 3.05) is 37.8 Å². The molecule has 0 radical (unpaired) electrons. The molecule has 0 aliphatic carbocycles. The molecule has 1 aliphatic rings. The smallest absolute Gasteiger partial charge is 0.246 e. The lowest BCUT2D eigenvalue weighted by atomic mass is 10.1. The number of nitrogens with one attached hydrogen (secondary N) is 1. The number of hydrogen-bond acceptors (Lipinski definition) is 5. The minimum Gasteiger partial charge on any atom is -0.368 e. The van der Waals surface area contributed by atoms with Crippen molar-refractivity contribution >= 4 is 11.9 Å². The van der Waals surface area contributed by atoms with E-state index in [0.717, 1.165) is 19.0 Å². The number of nitrogens with zero attached hydrogens (tertiary/aromatic N) is 4. The molecule has 1 aliphatic heterocycles. The van der Waals surface area contributed by atoms with E-state index in [0.29, 0.717) is 12.0 Å². The maximum Gasteiger partial charge on any atom is 0.246 e. The number of H-pyrrole nitrogens is 1. The molecule has 1 fully saturated rings. The molecule has 1 unspecified atom stereocenters. The molecular weight excluding hydrogens is 192 g/mol. The fraction of sp³-hybridized carbons (Fsp3) is 0.778. The fourth-order valence-corrected chi connectivity index (χ4v) is 1.96. The second-order valence-corrected chi connectivity index (χ2v) is 4.23. The summed E-state index contributed by atoms with van der Waals surface area (Å²) in [6.45, 7) is 1.99. The van der Waals surface area contributed by atoms with Gasteiger partial charge < -0.3 is 15.5 Å². The number of hydrogen-bond donors (Lipinski definition) is 2. The van der Waals surface area contributed by atoms with E-state index in [1.165, 1.54) is 12.8 Å². The molecule has 1 atom stereocenters. The molecule has 0 spiro atoms. The van der Waals surface area contributed by atoms with Gasteiger partial charge in [0.05, 0.1) is 0 Å². The number of nitrogen functional groups attached to an aromatic ring is 1. The van der Waals surface area contributed by atoms with Crippen molar-refractivity contribution < 1.29 is 0 Å². The Morgan fingerprint density at radius 2 is 2.33 bits per heavy atom. The normalized spacial score (nSPS) is 22.3. The molecule has 3 N–H and O–H groups in total. The molecule has 1 aromatic rings. The summed E-state index contributed by atoms with van der Waals surface area (Å²) in [4.78, 5) is 8.58. The summed E-state index contributed by atoms with van der Waals surface area (Å²) in [6, 6.07) is 0.582. The largest absolute Gasteiger partial charge is 0.368 e. The number of likely N-dealkylation sites (N-methyl/N-ethyl adjacent to an activating group) is 1. The number of aromatic amines is 1. The number of aromatic nitrogens is 3. The van der Waals surface area contributed by atoms with Crippen molar-refractivity contribution in [2.24, 2.45) is 0 Å². The first-order chi connectivity index (χ1) is 7.16. The number of rotatable bonds is 2. The van der Waals surface area contributed by atoms with Crippen molar-refractivity contribution in [3.63, 3.8) is 0 Å². The van der Waals surface area contributed by atoms with Crippen molar-refractivity contribution in [3.8, 4) is 0 Å². The van der Waals surface area contributed by atoms with Gasteiger partial charge in [-0.3, -0.25) is 0 Å². The number of nitrogens with two attached hydrogens (primary N) is 1. The van der Waals surface area contributed by atoms with Gasteiger partial charge in [-0.1, -0.05) is 0 Å². The monoisotopic (exact) mass is 210 g/mol. The summed E-state index contributed by atoms with van der Waals surface area (Å²) in [6.07, 6.45) is 2.42. The third kappa shape index (κ3) is 2.20. The Bertz CT molecular complexity index is 320. The van der Waals surface area contributed by atoms with Crippen molar-refractivity contribution in [1.82, 2.24) is 20.1 Å². The number of piperidine rings is 1. The van der Waals surface area contributed by atoms with Crippen LogP contribution in [-0.2, 0) is 0 Å². The summed E-state index contributed by atoms with van der Waals surface area (Å²) in [5.74, 6) is 1.11. The molecule has 15 heavy (non-hydrogen) atoms. The summed E-state index contributed by atoms with van der Waals surface area (Å²) < 4.78 is 0. The van der Waals surface area contributed by atoms with Crippen LogP contribution in [0.3, 0.4) is 0 Å². The molecule has 2 rings (SSSR count). The van der Waals surface area contributed by atoms with E-state index in [1.54, 1.807) is 0 Å². The highest BCUT2D eigenvalue weighted by Gasteiger charge is 2.23. The van der Waals surface area contributed by atoms with Crippen LogP contribution in [0.5, 0.6) is 0 Å². The van der Waals surface area contributed by atoms with Gasteiger partial charge in [-0.25, -0.2) is 5.10 Å². The maximum atomic E-state index is 5.51. The average molecular weight is 210 g/mol. The first-order valence-corrected chi connectivity index (χ1v) is 5.26. The molecule has 6 heteroatoms. The van der Waals surface area contributed by atoms with Crippen LogP contribution in [0.1, 0.15) is 12.8 Å². The van der Waals surface area contributed by atoms with Gasteiger partial charge >= 0.3 is 0 Å². The second kappa shape index (κ2) is 4.06. The van der Waals surface area contributed by atoms with Crippen LogP contribution in [0.2, 0.25) is 0 Å². The summed E-state index contributed by atoms with van der Waals surface area (Å²) in [5, 5.41) is 6.75. The molecule has 2 heterocycles. The van der Waals surface area contributed by atoms with E-state index in [9.17, 15) is 0 Å². The zero-order valence-electron chi connectivity index (χ0n) is 9.27. The summed E-state index contributed by atoms with van der Waals surface area (Å²) >= 11 is 0. The molecule has 6 nitrogen and oxygen atoms in total. The Kier molecular flexibility index (Phi) is 2.77. The minimum absolute atomic E-state index is 0.386. The Labute approximate surface area is 89.5 Å². The van der Waals surface area contributed by atoms with Gasteiger partial charge in [0, 0.05) is 19.1 Å². The van der Waals surface area contributed by atoms with Gasteiger partial charge in [-0.2, -0.15) is 4.98 Å². The van der Waals surface area contributed by atoms with E-state index >= 15 is 0 Å². The van der Waals surface area contributed by atoms with E-state index in [-0.39, 0.29) is 0 Å². The van der Waals surface area contributed by atoms with E-state index in [2.05, 4.69) is 39.1 Å². The molecular formula is C9H18N6. The minimum atomic E-state index is 0.386. The van der Waals surface area contributed by atoms with Gasteiger partial charge in [-0.15, -0.1) is 5.10 Å². The zero-order chi connectivity index (χ0) is 10.8. The van der Waals surface area contributed by atoms with Crippen LogP contribution in [0.4, 0.5) is 11.9 Å². The van der Waals surface area contributed by atoms with E-state index in [1.807, 2.05) is 0 Å². The topological polar surface area (TPSA) is 74.1 Å². The van der Waals surface area contributed by atoms with Gasteiger partial charge in [0.2, 0.25) is 11.9 Å².